The van der Waals surface area contributed by atoms with Crippen LogP contribution < -0.4 is 0 Å². The summed E-state index contributed by atoms with van der Waals surface area (Å²) >= 11 is 0. The highest BCUT2D eigenvalue weighted by Crippen LogP contribution is 2.38. The van der Waals surface area contributed by atoms with Crippen molar-refractivity contribution in [2.45, 2.75) is 50.5 Å². The van der Waals surface area contributed by atoms with E-state index in [-0.39, 0.29) is 11.5 Å². The Balaban J connectivity index is 1.22. The molecule has 2 saturated heterocycles. The summed E-state index contributed by atoms with van der Waals surface area (Å²) in [4.78, 5) is 14.5. The number of amides is 1. The van der Waals surface area contributed by atoms with Crippen LogP contribution in [0.3, 0.4) is 0 Å². The van der Waals surface area contributed by atoms with Gasteiger partial charge in [0.05, 0.1) is 24.7 Å². The molecule has 28 heavy (non-hydrogen) atoms. The predicted octanol–water partition coefficient (Wildman–Crippen LogP) is 3.78. The van der Waals surface area contributed by atoms with Crippen LogP contribution in [0, 0.1) is 23.2 Å². The fourth-order valence-electron chi connectivity index (χ4n) is 4.97. The number of rotatable bonds is 6. The van der Waals surface area contributed by atoms with E-state index in [4.69, 9.17) is 14.7 Å². The second-order valence-electron chi connectivity index (χ2n) is 8.76. The smallest absolute Gasteiger partial charge is 0.254 e. The molecule has 1 saturated carbocycles. The number of hydrogen-bond acceptors (Lipinski definition) is 4. The van der Waals surface area contributed by atoms with Crippen LogP contribution in [0.1, 0.15) is 60.9 Å². The van der Waals surface area contributed by atoms with Crippen molar-refractivity contribution in [3.05, 3.63) is 35.4 Å². The van der Waals surface area contributed by atoms with Crippen molar-refractivity contribution in [1.82, 2.24) is 4.90 Å². The lowest BCUT2D eigenvalue weighted by Gasteiger charge is -2.53. The van der Waals surface area contributed by atoms with Gasteiger partial charge in [-0.1, -0.05) is 18.9 Å². The monoisotopic (exact) mass is 382 g/mol. The Morgan fingerprint density at radius 2 is 2.07 bits per heavy atom. The predicted molar refractivity (Wildman–Crippen MR) is 106 cm³/mol. The third kappa shape index (κ3) is 4.39. The molecular formula is C23H30N2O3. The Hall–Kier alpha value is -1.90. The minimum atomic E-state index is -0.170. The van der Waals surface area contributed by atoms with Gasteiger partial charge in [0.25, 0.3) is 5.91 Å². The van der Waals surface area contributed by atoms with E-state index in [0.29, 0.717) is 30.1 Å². The van der Waals surface area contributed by atoms with Crippen LogP contribution in [0.5, 0.6) is 0 Å². The first-order chi connectivity index (χ1) is 13.7. The second-order valence-corrected chi connectivity index (χ2v) is 8.76. The molecule has 1 aromatic rings. The van der Waals surface area contributed by atoms with Gasteiger partial charge in [0, 0.05) is 25.4 Å². The lowest BCUT2D eigenvalue weighted by Crippen LogP contribution is -2.66. The molecule has 1 aromatic carbocycles. The molecule has 0 radical (unpaired) electrons. The van der Waals surface area contributed by atoms with Gasteiger partial charge in [0.2, 0.25) is 0 Å². The SMILES string of the molecule is N#Cc1cccc(C(=O)N2CC3(C[C@H](CCOCC4CCCC4)CCO3)C2)c1. The summed E-state index contributed by atoms with van der Waals surface area (Å²) in [5, 5.41) is 9.03. The quantitative estimate of drug-likeness (QED) is 0.703. The fraction of sp³-hybridized carbons (Fsp3) is 0.652. The van der Waals surface area contributed by atoms with Crippen molar-refractivity contribution in [3.63, 3.8) is 0 Å². The van der Waals surface area contributed by atoms with Gasteiger partial charge in [-0.15, -0.1) is 0 Å². The van der Waals surface area contributed by atoms with E-state index < -0.39 is 0 Å². The molecule has 1 aliphatic carbocycles. The average Bonchev–Trinajstić information content (AvgIpc) is 3.22. The molecule has 0 unspecified atom stereocenters. The third-order valence-electron chi connectivity index (χ3n) is 6.58. The molecule has 1 spiro atoms. The van der Waals surface area contributed by atoms with Crippen LogP contribution in [0.4, 0.5) is 0 Å². The van der Waals surface area contributed by atoms with E-state index in [0.717, 1.165) is 45.0 Å². The minimum Gasteiger partial charge on any atom is -0.381 e. The lowest BCUT2D eigenvalue weighted by molar-refractivity contribution is -0.167. The molecule has 0 bridgehead atoms. The number of carbonyl (C=O) groups excluding carboxylic acids is 1. The molecule has 2 heterocycles. The van der Waals surface area contributed by atoms with Crippen LogP contribution >= 0.6 is 0 Å². The highest BCUT2D eigenvalue weighted by molar-refractivity contribution is 5.95. The summed E-state index contributed by atoms with van der Waals surface area (Å²) in [7, 11) is 0. The number of ether oxygens (including phenoxy) is 2. The highest BCUT2D eigenvalue weighted by atomic mass is 16.5. The molecular weight excluding hydrogens is 352 g/mol. The zero-order chi connectivity index (χ0) is 19.4. The Bertz CT molecular complexity index is 730. The summed E-state index contributed by atoms with van der Waals surface area (Å²) in [6.45, 7) is 3.86. The van der Waals surface area contributed by atoms with Crippen molar-refractivity contribution in [2.24, 2.45) is 11.8 Å². The molecule has 2 aliphatic heterocycles. The zero-order valence-electron chi connectivity index (χ0n) is 16.6. The van der Waals surface area contributed by atoms with E-state index in [2.05, 4.69) is 6.07 Å². The van der Waals surface area contributed by atoms with Gasteiger partial charge in [-0.25, -0.2) is 0 Å². The Morgan fingerprint density at radius 3 is 2.86 bits per heavy atom. The highest BCUT2D eigenvalue weighted by Gasteiger charge is 2.49. The van der Waals surface area contributed by atoms with Crippen molar-refractivity contribution < 1.29 is 14.3 Å². The van der Waals surface area contributed by atoms with Gasteiger partial charge in [-0.2, -0.15) is 5.26 Å². The van der Waals surface area contributed by atoms with E-state index >= 15 is 0 Å². The Labute approximate surface area is 167 Å². The number of nitriles is 1. The summed E-state index contributed by atoms with van der Waals surface area (Å²) in [6.07, 6.45) is 8.60. The first-order valence-corrected chi connectivity index (χ1v) is 10.7. The number of nitrogens with zero attached hydrogens (tertiary/aromatic N) is 2. The first kappa shape index (κ1) is 19.4. The third-order valence-corrected chi connectivity index (χ3v) is 6.58. The van der Waals surface area contributed by atoms with Crippen LogP contribution in [0.2, 0.25) is 0 Å². The molecule has 1 amide bonds. The van der Waals surface area contributed by atoms with Gasteiger partial charge >= 0.3 is 0 Å². The molecule has 0 aromatic heterocycles. The van der Waals surface area contributed by atoms with Gasteiger partial charge in [-0.3, -0.25) is 4.79 Å². The molecule has 3 aliphatic rings. The maximum absolute atomic E-state index is 12.7. The largest absolute Gasteiger partial charge is 0.381 e. The normalized spacial score (nSPS) is 24.1. The second kappa shape index (κ2) is 8.63. The van der Waals surface area contributed by atoms with E-state index in [1.807, 2.05) is 4.90 Å². The van der Waals surface area contributed by atoms with Crippen molar-refractivity contribution in [2.75, 3.05) is 32.9 Å². The van der Waals surface area contributed by atoms with Crippen molar-refractivity contribution in [1.29, 1.82) is 5.26 Å². The number of benzene rings is 1. The molecule has 5 nitrogen and oxygen atoms in total. The molecule has 4 rings (SSSR count). The van der Waals surface area contributed by atoms with Crippen molar-refractivity contribution in [3.8, 4) is 6.07 Å². The topological polar surface area (TPSA) is 62.6 Å². The van der Waals surface area contributed by atoms with Crippen LogP contribution in [0.15, 0.2) is 24.3 Å². The summed E-state index contributed by atoms with van der Waals surface area (Å²) in [5.74, 6) is 1.40. The van der Waals surface area contributed by atoms with Gasteiger partial charge < -0.3 is 14.4 Å². The first-order valence-electron chi connectivity index (χ1n) is 10.7. The minimum absolute atomic E-state index is 0.00616. The van der Waals surface area contributed by atoms with Gasteiger partial charge in [-0.05, 0) is 62.1 Å². The zero-order valence-corrected chi connectivity index (χ0v) is 16.6. The fourth-order valence-corrected chi connectivity index (χ4v) is 4.97. The maximum atomic E-state index is 12.7. The number of carbonyl (C=O) groups is 1. The summed E-state index contributed by atoms with van der Waals surface area (Å²) < 4.78 is 12.0. The van der Waals surface area contributed by atoms with Gasteiger partial charge in [0.1, 0.15) is 5.60 Å². The van der Waals surface area contributed by atoms with E-state index in [1.54, 1.807) is 24.3 Å². The van der Waals surface area contributed by atoms with E-state index in [1.165, 1.54) is 25.7 Å². The maximum Gasteiger partial charge on any atom is 0.254 e. The molecule has 0 N–H and O–H groups in total. The van der Waals surface area contributed by atoms with Crippen LogP contribution in [0.25, 0.3) is 0 Å². The summed E-state index contributed by atoms with van der Waals surface area (Å²) in [5.41, 5.74) is 0.936. The molecule has 150 valence electrons. The lowest BCUT2D eigenvalue weighted by atomic mass is 9.79. The molecule has 3 fully saturated rings. The Morgan fingerprint density at radius 1 is 1.25 bits per heavy atom. The average molecular weight is 383 g/mol. The standard InChI is InChI=1S/C23H30N2O3/c24-14-20-6-3-7-21(12-20)22(26)25-16-23(17-25)13-18(9-11-28-23)8-10-27-15-19-4-1-2-5-19/h3,6-7,12,18-19H,1-2,4-5,8-11,13,15-17H2/t18-/m1/s1. The number of hydrogen-bond donors (Lipinski definition) is 0. The van der Waals surface area contributed by atoms with Crippen LogP contribution in [-0.4, -0.2) is 49.3 Å². The van der Waals surface area contributed by atoms with Crippen molar-refractivity contribution >= 4 is 5.91 Å². The Kier molecular flexibility index (Phi) is 5.99. The van der Waals surface area contributed by atoms with Crippen LogP contribution in [-0.2, 0) is 9.47 Å². The molecule has 5 heteroatoms. The number of likely N-dealkylation sites (tertiary alicyclic amines) is 1. The van der Waals surface area contributed by atoms with Gasteiger partial charge in [0.15, 0.2) is 0 Å². The molecule has 1 atom stereocenters. The summed E-state index contributed by atoms with van der Waals surface area (Å²) in [6, 6.07) is 9.02. The van der Waals surface area contributed by atoms with E-state index in [9.17, 15) is 4.79 Å².